The van der Waals surface area contributed by atoms with Crippen LogP contribution in [0.2, 0.25) is 0 Å². The minimum Gasteiger partial charge on any atom is -0.399 e. The van der Waals surface area contributed by atoms with Crippen LogP contribution in [0.3, 0.4) is 0 Å². The smallest absolute Gasteiger partial charge is 0.235 e. The first-order chi connectivity index (χ1) is 9.80. The monoisotopic (exact) mass is 347 g/mol. The largest absolute Gasteiger partial charge is 0.399 e. The summed E-state index contributed by atoms with van der Waals surface area (Å²) in [4.78, 5) is 16.7. The Hall–Kier alpha value is -1.88. The molecule has 0 radical (unpaired) electrons. The average molecular weight is 348 g/mol. The maximum atomic E-state index is 12.5. The van der Waals surface area contributed by atoms with Gasteiger partial charge in [0.1, 0.15) is 5.82 Å². The third-order valence-electron chi connectivity index (χ3n) is 3.49. The quantitative estimate of drug-likeness (QED) is 0.832. The number of carbonyl (C=O) groups is 1. The lowest BCUT2D eigenvalue weighted by atomic mass is 9.83. The van der Waals surface area contributed by atoms with E-state index < -0.39 is 5.41 Å². The normalized spacial score (nSPS) is 11.2. The molecular weight excluding hydrogens is 330 g/mol. The SMILES string of the molecule is Cc1cc(NC(=O)C(C)(C)c2ccc(N)cc2)ncc1Br. The fourth-order valence-electron chi connectivity index (χ4n) is 1.91. The van der Waals surface area contributed by atoms with E-state index in [1.165, 1.54) is 0 Å². The van der Waals surface area contributed by atoms with Gasteiger partial charge < -0.3 is 11.1 Å². The highest BCUT2D eigenvalue weighted by molar-refractivity contribution is 9.10. The molecule has 0 aliphatic carbocycles. The maximum Gasteiger partial charge on any atom is 0.235 e. The van der Waals surface area contributed by atoms with Crippen LogP contribution in [0.4, 0.5) is 11.5 Å². The summed E-state index contributed by atoms with van der Waals surface area (Å²) in [6, 6.07) is 9.17. The third-order valence-corrected chi connectivity index (χ3v) is 4.32. The number of hydrogen-bond donors (Lipinski definition) is 2. The molecule has 0 saturated heterocycles. The molecule has 1 aromatic carbocycles. The summed E-state index contributed by atoms with van der Waals surface area (Å²) in [5, 5.41) is 2.86. The lowest BCUT2D eigenvalue weighted by molar-refractivity contribution is -0.120. The highest BCUT2D eigenvalue weighted by Crippen LogP contribution is 2.26. The van der Waals surface area contributed by atoms with Crippen LogP contribution < -0.4 is 11.1 Å². The fourth-order valence-corrected chi connectivity index (χ4v) is 2.13. The average Bonchev–Trinajstić information content (AvgIpc) is 2.43. The van der Waals surface area contributed by atoms with Crippen molar-refractivity contribution in [2.24, 2.45) is 0 Å². The van der Waals surface area contributed by atoms with E-state index in [-0.39, 0.29) is 5.91 Å². The van der Waals surface area contributed by atoms with Crippen molar-refractivity contribution in [2.75, 3.05) is 11.1 Å². The van der Waals surface area contributed by atoms with Crippen molar-refractivity contribution in [1.82, 2.24) is 4.98 Å². The first-order valence-electron chi connectivity index (χ1n) is 6.60. The molecule has 3 N–H and O–H groups in total. The minimum absolute atomic E-state index is 0.110. The van der Waals surface area contributed by atoms with Crippen molar-refractivity contribution in [3.8, 4) is 0 Å². The molecule has 1 aromatic heterocycles. The Morgan fingerprint density at radius 1 is 1.29 bits per heavy atom. The van der Waals surface area contributed by atoms with Gasteiger partial charge in [-0.25, -0.2) is 4.98 Å². The Morgan fingerprint density at radius 2 is 1.90 bits per heavy atom. The Labute approximate surface area is 132 Å². The predicted molar refractivity (Wildman–Crippen MR) is 89.2 cm³/mol. The van der Waals surface area contributed by atoms with Crippen molar-refractivity contribution in [2.45, 2.75) is 26.2 Å². The predicted octanol–water partition coefficient (Wildman–Crippen LogP) is 3.65. The topological polar surface area (TPSA) is 68.0 Å². The number of benzene rings is 1. The number of nitrogens with zero attached hydrogens (tertiary/aromatic N) is 1. The molecule has 0 saturated carbocycles. The van der Waals surface area contributed by atoms with Gasteiger partial charge in [-0.3, -0.25) is 4.79 Å². The minimum atomic E-state index is -0.670. The van der Waals surface area contributed by atoms with Gasteiger partial charge in [0.2, 0.25) is 5.91 Å². The van der Waals surface area contributed by atoms with Crippen molar-refractivity contribution in [1.29, 1.82) is 0 Å². The van der Waals surface area contributed by atoms with Crippen LogP contribution in [0, 0.1) is 6.92 Å². The molecule has 2 aromatic rings. The summed E-state index contributed by atoms with van der Waals surface area (Å²) < 4.78 is 0.915. The number of carbonyl (C=O) groups excluding carboxylic acids is 1. The highest BCUT2D eigenvalue weighted by atomic mass is 79.9. The summed E-state index contributed by atoms with van der Waals surface area (Å²) in [6.07, 6.45) is 1.68. The molecule has 0 aliphatic heterocycles. The number of nitrogens with one attached hydrogen (secondary N) is 1. The summed E-state index contributed by atoms with van der Waals surface area (Å²) in [6.45, 7) is 5.70. The van der Waals surface area contributed by atoms with Gasteiger partial charge in [0, 0.05) is 16.4 Å². The molecule has 2 rings (SSSR count). The lowest BCUT2D eigenvalue weighted by Crippen LogP contribution is -2.35. The van der Waals surface area contributed by atoms with Crippen LogP contribution in [-0.2, 0) is 10.2 Å². The zero-order valence-electron chi connectivity index (χ0n) is 12.3. The summed E-state index contributed by atoms with van der Waals surface area (Å²) in [5.74, 6) is 0.436. The Kier molecular flexibility index (Phi) is 4.32. The van der Waals surface area contributed by atoms with Gasteiger partial charge in [-0.1, -0.05) is 12.1 Å². The molecule has 0 unspecified atom stereocenters. The summed E-state index contributed by atoms with van der Waals surface area (Å²) in [7, 11) is 0. The van der Waals surface area contributed by atoms with E-state index in [1.54, 1.807) is 18.3 Å². The van der Waals surface area contributed by atoms with Crippen molar-refractivity contribution in [3.63, 3.8) is 0 Å². The number of nitrogen functional groups attached to an aromatic ring is 1. The van der Waals surface area contributed by atoms with E-state index in [0.717, 1.165) is 15.6 Å². The van der Waals surface area contributed by atoms with E-state index in [1.807, 2.05) is 39.0 Å². The van der Waals surface area contributed by atoms with Crippen LogP contribution in [0.1, 0.15) is 25.0 Å². The fraction of sp³-hybridized carbons (Fsp3) is 0.250. The number of aryl methyl sites for hydroxylation is 1. The second kappa shape index (κ2) is 5.85. The molecule has 0 spiro atoms. The van der Waals surface area contributed by atoms with E-state index >= 15 is 0 Å². The van der Waals surface area contributed by atoms with Crippen molar-refractivity contribution in [3.05, 3.63) is 52.1 Å². The lowest BCUT2D eigenvalue weighted by Gasteiger charge is -2.24. The highest BCUT2D eigenvalue weighted by Gasteiger charge is 2.30. The zero-order valence-corrected chi connectivity index (χ0v) is 13.9. The number of amides is 1. The Balaban J connectivity index is 2.21. The molecule has 4 nitrogen and oxygen atoms in total. The molecule has 0 bridgehead atoms. The first-order valence-corrected chi connectivity index (χ1v) is 7.39. The summed E-state index contributed by atoms with van der Waals surface area (Å²) >= 11 is 3.39. The van der Waals surface area contributed by atoms with Crippen LogP contribution in [0.25, 0.3) is 0 Å². The molecule has 1 heterocycles. The number of nitrogens with two attached hydrogens (primary N) is 1. The number of anilines is 2. The zero-order chi connectivity index (χ0) is 15.6. The first kappa shape index (κ1) is 15.5. The molecule has 5 heteroatoms. The Morgan fingerprint density at radius 3 is 2.48 bits per heavy atom. The molecule has 110 valence electrons. The van der Waals surface area contributed by atoms with Crippen LogP contribution in [0.15, 0.2) is 41.0 Å². The number of aromatic nitrogens is 1. The van der Waals surface area contributed by atoms with Gasteiger partial charge in [-0.15, -0.1) is 0 Å². The van der Waals surface area contributed by atoms with E-state index in [4.69, 9.17) is 5.73 Å². The van der Waals surface area contributed by atoms with E-state index in [9.17, 15) is 4.79 Å². The number of pyridine rings is 1. The summed E-state index contributed by atoms with van der Waals surface area (Å²) in [5.41, 5.74) is 7.62. The van der Waals surface area contributed by atoms with Gasteiger partial charge in [0.15, 0.2) is 0 Å². The third kappa shape index (κ3) is 3.42. The van der Waals surface area contributed by atoms with Crippen LogP contribution in [-0.4, -0.2) is 10.9 Å². The molecule has 0 aliphatic rings. The van der Waals surface area contributed by atoms with Gasteiger partial charge in [0.05, 0.1) is 5.41 Å². The van der Waals surface area contributed by atoms with E-state index in [0.29, 0.717) is 11.5 Å². The van der Waals surface area contributed by atoms with Gasteiger partial charge in [-0.05, 0) is 66.0 Å². The molecule has 21 heavy (non-hydrogen) atoms. The molecule has 0 atom stereocenters. The molecule has 0 fully saturated rings. The Bertz CT molecular complexity index is 666. The van der Waals surface area contributed by atoms with Crippen LogP contribution >= 0.6 is 15.9 Å². The van der Waals surface area contributed by atoms with Gasteiger partial charge in [0.25, 0.3) is 0 Å². The van der Waals surface area contributed by atoms with Crippen molar-refractivity contribution >= 4 is 33.3 Å². The standard InChI is InChI=1S/C16H18BrN3O/c1-10-8-14(19-9-13(10)17)20-15(21)16(2,3)11-4-6-12(18)7-5-11/h4-9H,18H2,1-3H3,(H,19,20,21). The molecular formula is C16H18BrN3O. The van der Waals surface area contributed by atoms with E-state index in [2.05, 4.69) is 26.2 Å². The van der Waals surface area contributed by atoms with Crippen LogP contribution in [0.5, 0.6) is 0 Å². The van der Waals surface area contributed by atoms with Gasteiger partial charge in [-0.2, -0.15) is 0 Å². The van der Waals surface area contributed by atoms with Gasteiger partial charge >= 0.3 is 0 Å². The van der Waals surface area contributed by atoms with Crippen molar-refractivity contribution < 1.29 is 4.79 Å². The molecule has 1 amide bonds. The maximum absolute atomic E-state index is 12.5. The second-order valence-electron chi connectivity index (χ2n) is 5.52. The number of hydrogen-bond acceptors (Lipinski definition) is 3. The number of rotatable bonds is 3. The second-order valence-corrected chi connectivity index (χ2v) is 6.37. The number of halogens is 1.